The van der Waals surface area contributed by atoms with Gasteiger partial charge in [-0.15, -0.1) is 0 Å². The summed E-state index contributed by atoms with van der Waals surface area (Å²) in [5.41, 5.74) is 1.59. The van der Waals surface area contributed by atoms with Gasteiger partial charge in [-0.1, -0.05) is 6.08 Å². The summed E-state index contributed by atoms with van der Waals surface area (Å²) in [5, 5.41) is 0.914. The number of carbonyl (C=O) groups is 1. The van der Waals surface area contributed by atoms with E-state index in [1.165, 1.54) is 17.0 Å². The zero-order valence-electron chi connectivity index (χ0n) is 19.7. The van der Waals surface area contributed by atoms with Crippen LogP contribution < -0.4 is 0 Å². The summed E-state index contributed by atoms with van der Waals surface area (Å²) >= 11 is 3.52. The number of alkyl halides is 2. The van der Waals surface area contributed by atoms with Gasteiger partial charge in [0.25, 0.3) is 11.8 Å². The molecule has 1 atom stereocenters. The molecule has 0 bridgehead atoms. The topological polar surface area (TPSA) is 41.4 Å². The molecule has 0 saturated heterocycles. The third kappa shape index (κ3) is 4.15. The maximum atomic E-state index is 15.4. The minimum atomic E-state index is -3.27. The predicted octanol–water partition coefficient (Wildman–Crippen LogP) is 5.58. The van der Waals surface area contributed by atoms with E-state index in [0.29, 0.717) is 5.56 Å². The second-order valence-electron chi connectivity index (χ2n) is 8.94. The molecule has 3 aromatic rings. The van der Waals surface area contributed by atoms with Gasteiger partial charge >= 0.3 is 0 Å². The molecule has 0 N–H and O–H groups in total. The van der Waals surface area contributed by atoms with Crippen molar-refractivity contribution in [2.75, 3.05) is 27.2 Å². The second kappa shape index (κ2) is 8.85. The summed E-state index contributed by atoms with van der Waals surface area (Å²) < 4.78 is 48.7. The molecule has 4 rings (SSSR count). The average molecular weight is 535 g/mol. The molecule has 0 spiro atoms. The first-order chi connectivity index (χ1) is 15.9. The highest BCUT2D eigenvalue weighted by Gasteiger charge is 2.43. The van der Waals surface area contributed by atoms with E-state index in [1.807, 2.05) is 30.7 Å². The predicted molar refractivity (Wildman–Crippen MR) is 130 cm³/mol. The summed E-state index contributed by atoms with van der Waals surface area (Å²) in [4.78, 5) is 19.6. The van der Waals surface area contributed by atoms with E-state index in [0.717, 1.165) is 27.3 Å². The Morgan fingerprint density at radius 2 is 1.97 bits per heavy atom. The maximum absolute atomic E-state index is 15.4. The smallest absolute Gasteiger partial charge is 0.286 e. The lowest BCUT2D eigenvalue weighted by Gasteiger charge is -2.37. The number of benzene rings is 1. The maximum Gasteiger partial charge on any atom is 0.286 e. The van der Waals surface area contributed by atoms with Crippen LogP contribution in [-0.2, 0) is 7.05 Å². The number of hydrogen-bond donors (Lipinski definition) is 0. The van der Waals surface area contributed by atoms with Crippen LogP contribution in [0, 0.1) is 12.7 Å². The van der Waals surface area contributed by atoms with E-state index in [1.54, 1.807) is 32.1 Å². The van der Waals surface area contributed by atoms with E-state index in [4.69, 9.17) is 0 Å². The molecule has 9 heteroatoms. The van der Waals surface area contributed by atoms with Crippen molar-refractivity contribution in [1.82, 2.24) is 19.4 Å². The molecule has 0 fully saturated rings. The summed E-state index contributed by atoms with van der Waals surface area (Å²) in [5.74, 6) is -4.47. The molecule has 1 unspecified atom stereocenters. The first kappa shape index (κ1) is 24.5. The number of aryl methyl sites for hydroxylation is 2. The Morgan fingerprint density at radius 1 is 1.26 bits per heavy atom. The molecule has 0 radical (unpaired) electrons. The average Bonchev–Trinajstić information content (AvgIpc) is 3.10. The molecular weight excluding hydrogens is 509 g/mol. The van der Waals surface area contributed by atoms with Crippen molar-refractivity contribution in [2.24, 2.45) is 7.05 Å². The number of pyridine rings is 1. The number of hydrogen-bond acceptors (Lipinski definition) is 3. The standard InChI is InChI=1S/C25H26BrF3N4O/c1-14-10-16(24(34)31(3)4)11-20(27)22(14)18-7-9-33(13-25(18,28)29)15(2)21-12-17-19(26)6-8-30-23(17)32(21)5/h6-8,10-12,15H,9,13H2,1-5H3. The minimum Gasteiger partial charge on any atom is -0.345 e. The highest BCUT2D eigenvalue weighted by molar-refractivity contribution is 9.10. The van der Waals surface area contributed by atoms with E-state index in [9.17, 15) is 4.79 Å². The fraction of sp³-hybridized carbons (Fsp3) is 0.360. The van der Waals surface area contributed by atoms with Gasteiger partial charge in [0.2, 0.25) is 0 Å². The first-order valence-electron chi connectivity index (χ1n) is 10.9. The Bertz CT molecular complexity index is 1290. The molecule has 180 valence electrons. The molecule has 1 aromatic carbocycles. The first-order valence-corrected chi connectivity index (χ1v) is 11.7. The largest absolute Gasteiger partial charge is 0.345 e. The van der Waals surface area contributed by atoms with Gasteiger partial charge in [0.05, 0.1) is 6.54 Å². The number of halogens is 4. The minimum absolute atomic E-state index is 0.134. The van der Waals surface area contributed by atoms with Crippen LogP contribution in [0.15, 0.2) is 41.0 Å². The molecule has 34 heavy (non-hydrogen) atoms. The van der Waals surface area contributed by atoms with Gasteiger partial charge in [-0.3, -0.25) is 9.69 Å². The lowest BCUT2D eigenvalue weighted by Crippen LogP contribution is -2.43. The van der Waals surface area contributed by atoms with E-state index in [-0.39, 0.29) is 35.2 Å². The van der Waals surface area contributed by atoms with Crippen LogP contribution in [0.25, 0.3) is 16.6 Å². The lowest BCUT2D eigenvalue weighted by molar-refractivity contribution is 0.00587. The Balaban J connectivity index is 1.67. The lowest BCUT2D eigenvalue weighted by atomic mass is 9.90. The van der Waals surface area contributed by atoms with Crippen LogP contribution in [0.4, 0.5) is 13.2 Å². The molecule has 1 aliphatic rings. The molecule has 1 aliphatic heterocycles. The number of rotatable bonds is 4. The monoisotopic (exact) mass is 534 g/mol. The Hall–Kier alpha value is -2.65. The number of carbonyl (C=O) groups excluding carboxylic acids is 1. The van der Waals surface area contributed by atoms with Gasteiger partial charge < -0.3 is 9.47 Å². The Kier molecular flexibility index (Phi) is 6.37. The van der Waals surface area contributed by atoms with Crippen LogP contribution in [0.1, 0.15) is 40.1 Å². The van der Waals surface area contributed by atoms with Crippen molar-refractivity contribution >= 4 is 38.4 Å². The molecule has 3 heterocycles. The number of nitrogens with zero attached hydrogens (tertiary/aromatic N) is 4. The van der Waals surface area contributed by atoms with E-state index < -0.39 is 18.3 Å². The Morgan fingerprint density at radius 3 is 2.56 bits per heavy atom. The molecule has 5 nitrogen and oxygen atoms in total. The third-order valence-electron chi connectivity index (χ3n) is 6.42. The summed E-state index contributed by atoms with van der Waals surface area (Å²) in [6.07, 6.45) is 3.09. The second-order valence-corrected chi connectivity index (χ2v) is 9.79. The highest BCUT2D eigenvalue weighted by Crippen LogP contribution is 2.41. The van der Waals surface area contributed by atoms with Crippen molar-refractivity contribution in [1.29, 1.82) is 0 Å². The summed E-state index contributed by atoms with van der Waals surface area (Å²) in [6, 6.07) is 5.98. The fourth-order valence-electron chi connectivity index (χ4n) is 4.60. The number of aromatic nitrogens is 2. The van der Waals surface area contributed by atoms with Crippen LogP contribution >= 0.6 is 15.9 Å². The van der Waals surface area contributed by atoms with Crippen LogP contribution in [0.2, 0.25) is 0 Å². The van der Waals surface area contributed by atoms with Gasteiger partial charge in [0, 0.05) is 72.2 Å². The van der Waals surface area contributed by atoms with E-state index in [2.05, 4.69) is 20.9 Å². The van der Waals surface area contributed by atoms with Crippen molar-refractivity contribution in [3.63, 3.8) is 0 Å². The number of fused-ring (bicyclic) bond motifs is 1. The molecule has 1 amide bonds. The van der Waals surface area contributed by atoms with Crippen LogP contribution in [0.3, 0.4) is 0 Å². The molecule has 0 saturated carbocycles. The fourth-order valence-corrected chi connectivity index (χ4v) is 5.01. The molecule has 0 aliphatic carbocycles. The van der Waals surface area contributed by atoms with Gasteiger partial charge in [-0.2, -0.15) is 8.78 Å². The molecular formula is C25H26BrF3N4O. The van der Waals surface area contributed by atoms with Crippen LogP contribution in [0.5, 0.6) is 0 Å². The van der Waals surface area contributed by atoms with Crippen molar-refractivity contribution < 1.29 is 18.0 Å². The quantitative estimate of drug-likeness (QED) is 0.438. The van der Waals surface area contributed by atoms with Crippen molar-refractivity contribution in [3.05, 3.63) is 69.2 Å². The SMILES string of the molecule is Cc1cc(C(=O)N(C)C)cc(F)c1C1=CCN(C(C)c2cc3c(Br)ccnc3n2C)CC1(F)F. The van der Waals surface area contributed by atoms with Gasteiger partial charge in [-0.05, 0) is 59.6 Å². The summed E-state index contributed by atoms with van der Waals surface area (Å²) in [7, 11) is 4.98. The third-order valence-corrected chi connectivity index (χ3v) is 7.12. The molecule has 2 aromatic heterocycles. The highest BCUT2D eigenvalue weighted by atomic mass is 79.9. The zero-order valence-corrected chi connectivity index (χ0v) is 21.3. The van der Waals surface area contributed by atoms with Gasteiger partial charge in [0.1, 0.15) is 11.5 Å². The number of amides is 1. The van der Waals surface area contributed by atoms with Crippen molar-refractivity contribution in [3.8, 4) is 0 Å². The summed E-state index contributed by atoms with van der Waals surface area (Å²) in [6.45, 7) is 3.12. The Labute approximate surface area is 205 Å². The van der Waals surface area contributed by atoms with Crippen molar-refractivity contribution in [2.45, 2.75) is 25.8 Å². The van der Waals surface area contributed by atoms with Gasteiger partial charge in [-0.25, -0.2) is 9.37 Å². The van der Waals surface area contributed by atoms with Crippen LogP contribution in [-0.4, -0.2) is 58.4 Å². The van der Waals surface area contributed by atoms with Gasteiger partial charge in [0.15, 0.2) is 0 Å². The van der Waals surface area contributed by atoms with E-state index >= 15 is 13.2 Å². The normalized spacial score (nSPS) is 17.0. The zero-order chi connectivity index (χ0) is 24.9.